The smallest absolute Gasteiger partial charge is 0.328 e. The Morgan fingerprint density at radius 1 is 1.50 bits per heavy atom. The highest BCUT2D eigenvalue weighted by atomic mass is 16.4. The van der Waals surface area contributed by atoms with E-state index in [1.807, 2.05) is 4.57 Å². The Balaban J connectivity index is 1.97. The highest BCUT2D eigenvalue weighted by Crippen LogP contribution is 2.08. The Bertz CT molecular complexity index is 460. The summed E-state index contributed by atoms with van der Waals surface area (Å²) in [6.45, 7) is 0.621. The van der Waals surface area contributed by atoms with Gasteiger partial charge in [0.1, 0.15) is 6.33 Å². The molecular weight excluding hydrogens is 242 g/mol. The zero-order valence-electron chi connectivity index (χ0n) is 9.48. The van der Waals surface area contributed by atoms with Gasteiger partial charge in [0.05, 0.1) is 13.2 Å². The molecule has 1 aliphatic heterocycles. The number of nitrogens with zero attached hydrogens (tertiary/aromatic N) is 4. The molecule has 1 aliphatic rings. The van der Waals surface area contributed by atoms with Crippen molar-refractivity contribution in [2.24, 2.45) is 0 Å². The molecule has 18 heavy (non-hydrogen) atoms. The van der Waals surface area contributed by atoms with E-state index < -0.39 is 24.6 Å². The fourth-order valence-corrected chi connectivity index (χ4v) is 1.67. The van der Waals surface area contributed by atoms with Crippen molar-refractivity contribution in [2.45, 2.75) is 19.1 Å². The van der Waals surface area contributed by atoms with E-state index in [1.165, 1.54) is 4.90 Å². The molecule has 1 atom stereocenters. The lowest BCUT2D eigenvalue weighted by Gasteiger charge is -2.28. The van der Waals surface area contributed by atoms with Gasteiger partial charge in [0.25, 0.3) is 0 Å². The molecule has 0 saturated heterocycles. The van der Waals surface area contributed by atoms with E-state index in [-0.39, 0.29) is 6.54 Å². The first-order chi connectivity index (χ1) is 8.61. The Kier molecular flexibility index (Phi) is 3.42. The third kappa shape index (κ3) is 2.40. The summed E-state index contributed by atoms with van der Waals surface area (Å²) in [6, 6.07) is -1.83. The van der Waals surface area contributed by atoms with E-state index in [9.17, 15) is 9.59 Å². The lowest BCUT2D eigenvalue weighted by Crippen LogP contribution is -2.51. The lowest BCUT2D eigenvalue weighted by molar-refractivity contribution is -0.140. The average Bonchev–Trinajstić information content (AvgIpc) is 2.82. The SMILES string of the molecule is O=C(O)C(CO)NC(=O)N1CCn2cnnc2C1. The van der Waals surface area contributed by atoms with Crippen molar-refractivity contribution >= 4 is 12.0 Å². The first-order valence-corrected chi connectivity index (χ1v) is 5.37. The van der Waals surface area contributed by atoms with Crippen LogP contribution in [0.1, 0.15) is 5.82 Å². The Morgan fingerprint density at radius 3 is 2.94 bits per heavy atom. The molecule has 0 spiro atoms. The van der Waals surface area contributed by atoms with Crippen LogP contribution in [0.25, 0.3) is 0 Å². The second-order valence-electron chi connectivity index (χ2n) is 3.89. The summed E-state index contributed by atoms with van der Waals surface area (Å²) in [4.78, 5) is 23.9. The standard InChI is InChI=1S/C9H13N5O4/c15-4-6(8(16)17)11-9(18)13-1-2-14-5-10-12-7(14)3-13/h5-6,15H,1-4H2,(H,11,18)(H,16,17). The molecule has 9 nitrogen and oxygen atoms in total. The summed E-state index contributed by atoms with van der Waals surface area (Å²) in [5.41, 5.74) is 0. The summed E-state index contributed by atoms with van der Waals surface area (Å²) in [5, 5.41) is 27.4. The summed E-state index contributed by atoms with van der Waals surface area (Å²) >= 11 is 0. The minimum absolute atomic E-state index is 0.267. The van der Waals surface area contributed by atoms with Gasteiger partial charge < -0.3 is 25.0 Å². The van der Waals surface area contributed by atoms with Crippen molar-refractivity contribution in [1.82, 2.24) is 25.0 Å². The number of aliphatic hydroxyl groups excluding tert-OH is 1. The Hall–Kier alpha value is -2.16. The zero-order valence-corrected chi connectivity index (χ0v) is 9.48. The third-order valence-corrected chi connectivity index (χ3v) is 2.70. The van der Waals surface area contributed by atoms with Crippen molar-refractivity contribution in [3.63, 3.8) is 0 Å². The van der Waals surface area contributed by atoms with Gasteiger partial charge in [-0.3, -0.25) is 0 Å². The second-order valence-corrected chi connectivity index (χ2v) is 3.89. The number of hydrogen-bond donors (Lipinski definition) is 3. The predicted molar refractivity (Wildman–Crippen MR) is 57.5 cm³/mol. The average molecular weight is 255 g/mol. The van der Waals surface area contributed by atoms with E-state index in [4.69, 9.17) is 10.2 Å². The van der Waals surface area contributed by atoms with Gasteiger partial charge in [-0.25, -0.2) is 9.59 Å². The van der Waals surface area contributed by atoms with Crippen LogP contribution in [0.3, 0.4) is 0 Å². The van der Waals surface area contributed by atoms with Gasteiger partial charge in [-0.2, -0.15) is 0 Å². The molecule has 2 rings (SSSR count). The highest BCUT2D eigenvalue weighted by molar-refractivity contribution is 5.82. The molecule has 0 aliphatic carbocycles. The Labute approximate surface area is 102 Å². The topological polar surface area (TPSA) is 121 Å². The highest BCUT2D eigenvalue weighted by Gasteiger charge is 2.25. The minimum Gasteiger partial charge on any atom is -0.480 e. The number of carboxylic acid groups (broad SMARTS) is 1. The maximum atomic E-state index is 11.8. The molecule has 0 radical (unpaired) electrons. The van der Waals surface area contributed by atoms with Crippen molar-refractivity contribution in [3.05, 3.63) is 12.2 Å². The van der Waals surface area contributed by atoms with Crippen LogP contribution in [0.15, 0.2) is 6.33 Å². The second kappa shape index (κ2) is 5.00. The van der Waals surface area contributed by atoms with Crippen LogP contribution in [0.2, 0.25) is 0 Å². The number of rotatable bonds is 3. The predicted octanol–water partition coefficient (Wildman–Crippen LogP) is -1.75. The number of carbonyl (C=O) groups is 2. The maximum Gasteiger partial charge on any atom is 0.328 e. The van der Waals surface area contributed by atoms with Gasteiger partial charge in [-0.05, 0) is 0 Å². The number of aliphatic carboxylic acids is 1. The molecule has 1 unspecified atom stereocenters. The fraction of sp³-hybridized carbons (Fsp3) is 0.556. The molecule has 1 aromatic heterocycles. The van der Waals surface area contributed by atoms with E-state index in [0.717, 1.165) is 0 Å². The first kappa shape index (κ1) is 12.3. The number of aromatic nitrogens is 3. The summed E-state index contributed by atoms with van der Waals surface area (Å²) in [6.07, 6.45) is 1.58. The Morgan fingerprint density at radius 2 is 2.28 bits per heavy atom. The summed E-state index contributed by atoms with van der Waals surface area (Å²) < 4.78 is 1.82. The number of amides is 2. The minimum atomic E-state index is -1.29. The summed E-state index contributed by atoms with van der Waals surface area (Å²) in [7, 11) is 0. The quantitative estimate of drug-likeness (QED) is 0.589. The van der Waals surface area contributed by atoms with Crippen molar-refractivity contribution in [2.75, 3.05) is 13.2 Å². The molecule has 1 aromatic rings. The van der Waals surface area contributed by atoms with Crippen molar-refractivity contribution in [1.29, 1.82) is 0 Å². The summed E-state index contributed by atoms with van der Waals surface area (Å²) in [5.74, 6) is -0.627. The number of carbonyl (C=O) groups excluding carboxylic acids is 1. The first-order valence-electron chi connectivity index (χ1n) is 5.37. The van der Waals surface area contributed by atoms with Crippen LogP contribution in [-0.4, -0.2) is 61.1 Å². The third-order valence-electron chi connectivity index (χ3n) is 2.70. The van der Waals surface area contributed by atoms with Crippen LogP contribution in [0, 0.1) is 0 Å². The van der Waals surface area contributed by atoms with Gasteiger partial charge in [0.2, 0.25) is 0 Å². The molecule has 0 aromatic carbocycles. The molecule has 98 valence electrons. The molecule has 2 amide bonds. The van der Waals surface area contributed by atoms with Gasteiger partial charge in [0.15, 0.2) is 11.9 Å². The van der Waals surface area contributed by atoms with Crippen molar-refractivity contribution < 1.29 is 19.8 Å². The van der Waals surface area contributed by atoms with Crippen LogP contribution in [0.4, 0.5) is 4.79 Å². The zero-order chi connectivity index (χ0) is 13.1. The van der Waals surface area contributed by atoms with Gasteiger partial charge in [-0.15, -0.1) is 10.2 Å². The molecule has 0 saturated carbocycles. The number of carboxylic acids is 1. The number of nitrogens with one attached hydrogen (secondary N) is 1. The number of aliphatic hydroxyl groups is 1. The molecule has 0 bridgehead atoms. The van der Waals surface area contributed by atoms with Crippen molar-refractivity contribution in [3.8, 4) is 0 Å². The number of hydrogen-bond acceptors (Lipinski definition) is 5. The van der Waals surface area contributed by atoms with Gasteiger partial charge in [-0.1, -0.05) is 0 Å². The van der Waals surface area contributed by atoms with Gasteiger partial charge >= 0.3 is 12.0 Å². The molecule has 2 heterocycles. The molecule has 3 N–H and O–H groups in total. The van der Waals surface area contributed by atoms with Crippen LogP contribution in [-0.2, 0) is 17.9 Å². The number of urea groups is 1. The maximum absolute atomic E-state index is 11.8. The molecular formula is C9H13N5O4. The van der Waals surface area contributed by atoms with Crippen LogP contribution >= 0.6 is 0 Å². The lowest BCUT2D eigenvalue weighted by atomic mass is 10.3. The molecule has 9 heteroatoms. The normalized spacial score (nSPS) is 15.9. The van der Waals surface area contributed by atoms with Crippen LogP contribution in [0.5, 0.6) is 0 Å². The monoisotopic (exact) mass is 255 g/mol. The van der Waals surface area contributed by atoms with E-state index >= 15 is 0 Å². The number of fused-ring (bicyclic) bond motifs is 1. The van der Waals surface area contributed by atoms with Gasteiger partial charge in [0, 0.05) is 13.1 Å². The largest absolute Gasteiger partial charge is 0.480 e. The van der Waals surface area contributed by atoms with E-state index in [1.54, 1.807) is 6.33 Å². The van der Waals surface area contributed by atoms with Crippen LogP contribution < -0.4 is 5.32 Å². The molecule has 0 fully saturated rings. The van der Waals surface area contributed by atoms with E-state index in [2.05, 4.69) is 15.5 Å². The fourth-order valence-electron chi connectivity index (χ4n) is 1.67. The van der Waals surface area contributed by atoms with E-state index in [0.29, 0.717) is 18.9 Å².